The van der Waals surface area contributed by atoms with Gasteiger partial charge in [0.1, 0.15) is 5.75 Å². The van der Waals surface area contributed by atoms with Crippen molar-refractivity contribution in [2.45, 2.75) is 0 Å². The Hall–Kier alpha value is -5.36. The molecule has 1 heterocycles. The summed E-state index contributed by atoms with van der Waals surface area (Å²) in [6.07, 6.45) is 3.81. The van der Waals surface area contributed by atoms with E-state index in [1.807, 2.05) is 109 Å². The Balaban J connectivity index is 1.43. The SMILES string of the molecule is COc1ccc(-n2c3ccc(/C=N/N(C)c4ccccc4)cc3c3cc(/C=N/N(C)c4ccccc4)ccc32)cc1. The predicted octanol–water partition coefficient (Wildman–Crippen LogP) is 7.73. The fourth-order valence-electron chi connectivity index (χ4n) is 4.96. The summed E-state index contributed by atoms with van der Waals surface area (Å²) in [7, 11) is 5.60. The number of methoxy groups -OCH3 is 1. The molecule has 0 bridgehead atoms. The van der Waals surface area contributed by atoms with E-state index in [9.17, 15) is 0 Å². The van der Waals surface area contributed by atoms with Gasteiger partial charge in [-0.05, 0) is 83.9 Å². The van der Waals surface area contributed by atoms with Crippen LogP contribution in [0.4, 0.5) is 11.4 Å². The Morgan fingerprint density at radius 2 is 1.05 bits per heavy atom. The zero-order valence-corrected chi connectivity index (χ0v) is 23.3. The maximum Gasteiger partial charge on any atom is 0.119 e. The molecule has 6 heteroatoms. The molecular formula is C35H31N5O. The molecule has 0 spiro atoms. The number of ether oxygens (including phenoxy) is 1. The second-order valence-electron chi connectivity index (χ2n) is 9.79. The topological polar surface area (TPSA) is 45.4 Å². The summed E-state index contributed by atoms with van der Waals surface area (Å²) in [5.41, 5.74) is 7.43. The highest BCUT2D eigenvalue weighted by Gasteiger charge is 2.14. The van der Waals surface area contributed by atoms with Gasteiger partial charge in [-0.1, -0.05) is 48.5 Å². The molecule has 6 nitrogen and oxygen atoms in total. The number of hydrogen-bond acceptors (Lipinski definition) is 5. The third-order valence-electron chi connectivity index (χ3n) is 7.16. The molecule has 5 aromatic carbocycles. The van der Waals surface area contributed by atoms with Gasteiger partial charge in [0.05, 0.1) is 41.9 Å². The van der Waals surface area contributed by atoms with Crippen LogP contribution in [0.25, 0.3) is 27.5 Å². The number of rotatable bonds is 8. The normalized spacial score (nSPS) is 11.6. The standard InChI is InChI=1S/C35H31N5O/c1-38(28-10-6-4-7-11-28)36-24-26-14-20-34-32(22-26)33-23-27(25-37-39(2)29-12-8-5-9-13-29)15-21-35(33)40(34)30-16-18-31(41-3)19-17-30/h4-25H,1-3H3/b36-24+,37-25+. The van der Waals surface area contributed by atoms with E-state index < -0.39 is 0 Å². The number of para-hydroxylation sites is 2. The van der Waals surface area contributed by atoms with E-state index in [0.717, 1.165) is 55.7 Å². The fraction of sp³-hybridized carbons (Fsp3) is 0.0857. The second-order valence-corrected chi connectivity index (χ2v) is 9.79. The average molecular weight is 538 g/mol. The van der Waals surface area contributed by atoms with Crippen molar-refractivity contribution in [1.29, 1.82) is 0 Å². The molecule has 0 radical (unpaired) electrons. The van der Waals surface area contributed by atoms with E-state index >= 15 is 0 Å². The first-order valence-electron chi connectivity index (χ1n) is 13.5. The lowest BCUT2D eigenvalue weighted by Gasteiger charge is -2.12. The molecule has 6 aromatic rings. The van der Waals surface area contributed by atoms with Gasteiger partial charge in [-0.15, -0.1) is 0 Å². The van der Waals surface area contributed by atoms with Gasteiger partial charge in [0.25, 0.3) is 0 Å². The van der Waals surface area contributed by atoms with E-state index in [4.69, 9.17) is 14.9 Å². The van der Waals surface area contributed by atoms with E-state index in [1.54, 1.807) is 7.11 Å². The van der Waals surface area contributed by atoms with Crippen LogP contribution < -0.4 is 14.8 Å². The summed E-state index contributed by atoms with van der Waals surface area (Å²) in [6.45, 7) is 0. The van der Waals surface area contributed by atoms with Crippen LogP contribution in [0, 0.1) is 0 Å². The molecule has 1 aromatic heterocycles. The van der Waals surface area contributed by atoms with Crippen molar-refractivity contribution in [2.75, 3.05) is 31.2 Å². The lowest BCUT2D eigenvalue weighted by atomic mass is 10.1. The number of nitrogens with zero attached hydrogens (tertiary/aromatic N) is 5. The summed E-state index contributed by atoms with van der Waals surface area (Å²) >= 11 is 0. The quantitative estimate of drug-likeness (QED) is 0.147. The summed E-state index contributed by atoms with van der Waals surface area (Å²) < 4.78 is 7.69. The van der Waals surface area contributed by atoms with Crippen LogP contribution in [0.1, 0.15) is 11.1 Å². The first-order chi connectivity index (χ1) is 20.1. The average Bonchev–Trinajstić information content (AvgIpc) is 3.36. The predicted molar refractivity (Wildman–Crippen MR) is 172 cm³/mol. The van der Waals surface area contributed by atoms with Crippen molar-refractivity contribution in [1.82, 2.24) is 4.57 Å². The number of benzene rings is 5. The minimum atomic E-state index is 0.830. The number of hydrazone groups is 2. The zero-order valence-electron chi connectivity index (χ0n) is 23.3. The van der Waals surface area contributed by atoms with Crippen LogP contribution in [0.5, 0.6) is 5.75 Å². The largest absolute Gasteiger partial charge is 0.497 e. The summed E-state index contributed by atoms with van der Waals surface area (Å²) in [4.78, 5) is 0. The van der Waals surface area contributed by atoms with E-state index in [2.05, 4.69) is 53.1 Å². The number of hydrogen-bond donors (Lipinski definition) is 0. The maximum absolute atomic E-state index is 5.40. The minimum absolute atomic E-state index is 0.830. The van der Waals surface area contributed by atoms with Gasteiger partial charge < -0.3 is 9.30 Å². The molecule has 0 saturated carbocycles. The second kappa shape index (κ2) is 11.4. The van der Waals surface area contributed by atoms with Gasteiger partial charge >= 0.3 is 0 Å². The Kier molecular flexibility index (Phi) is 7.20. The van der Waals surface area contributed by atoms with Crippen LogP contribution in [-0.2, 0) is 0 Å². The van der Waals surface area contributed by atoms with Crippen molar-refractivity contribution in [3.05, 3.63) is 132 Å². The summed E-state index contributed by atoms with van der Waals surface area (Å²) in [6, 6.07) is 41.4. The fourth-order valence-corrected chi connectivity index (χ4v) is 4.96. The monoisotopic (exact) mass is 537 g/mol. The first-order valence-corrected chi connectivity index (χ1v) is 13.5. The van der Waals surface area contributed by atoms with Gasteiger partial charge in [-0.3, -0.25) is 10.0 Å². The molecule has 6 rings (SSSR count). The zero-order chi connectivity index (χ0) is 28.2. The Labute approximate surface area is 240 Å². The van der Waals surface area contributed by atoms with Crippen molar-refractivity contribution in [3.63, 3.8) is 0 Å². The third-order valence-corrected chi connectivity index (χ3v) is 7.16. The Morgan fingerprint density at radius 1 is 0.585 bits per heavy atom. The molecule has 202 valence electrons. The van der Waals surface area contributed by atoms with Crippen LogP contribution in [0.2, 0.25) is 0 Å². The van der Waals surface area contributed by atoms with Crippen molar-refractivity contribution >= 4 is 45.6 Å². The van der Waals surface area contributed by atoms with Crippen LogP contribution >= 0.6 is 0 Å². The van der Waals surface area contributed by atoms with Crippen molar-refractivity contribution in [2.24, 2.45) is 10.2 Å². The molecule has 0 amide bonds. The van der Waals surface area contributed by atoms with Crippen molar-refractivity contribution < 1.29 is 4.74 Å². The van der Waals surface area contributed by atoms with Crippen molar-refractivity contribution in [3.8, 4) is 11.4 Å². The number of fused-ring (bicyclic) bond motifs is 3. The van der Waals surface area contributed by atoms with Gasteiger partial charge in [-0.2, -0.15) is 10.2 Å². The first kappa shape index (κ1) is 25.9. The van der Waals surface area contributed by atoms with Gasteiger partial charge in [0.2, 0.25) is 0 Å². The third kappa shape index (κ3) is 5.40. The molecule has 0 aliphatic carbocycles. The minimum Gasteiger partial charge on any atom is -0.497 e. The summed E-state index contributed by atoms with van der Waals surface area (Å²) in [5, 5.41) is 15.4. The Bertz CT molecular complexity index is 1730. The smallest absolute Gasteiger partial charge is 0.119 e. The van der Waals surface area contributed by atoms with Crippen LogP contribution in [-0.4, -0.2) is 38.2 Å². The summed E-state index contributed by atoms with van der Waals surface area (Å²) in [5.74, 6) is 0.830. The molecule has 0 aliphatic heterocycles. The Morgan fingerprint density at radius 3 is 1.49 bits per heavy atom. The molecule has 41 heavy (non-hydrogen) atoms. The van der Waals surface area contributed by atoms with Gasteiger partial charge in [0, 0.05) is 30.6 Å². The number of aromatic nitrogens is 1. The number of anilines is 2. The molecule has 0 unspecified atom stereocenters. The molecule has 0 atom stereocenters. The van der Waals surface area contributed by atoms with E-state index in [-0.39, 0.29) is 0 Å². The highest BCUT2D eigenvalue weighted by atomic mass is 16.5. The maximum atomic E-state index is 5.40. The van der Waals surface area contributed by atoms with E-state index in [0.29, 0.717) is 0 Å². The van der Waals surface area contributed by atoms with Gasteiger partial charge in [0.15, 0.2) is 0 Å². The van der Waals surface area contributed by atoms with Crippen LogP contribution in [0.15, 0.2) is 132 Å². The molecule has 0 saturated heterocycles. The van der Waals surface area contributed by atoms with Gasteiger partial charge in [-0.25, -0.2) is 0 Å². The van der Waals surface area contributed by atoms with E-state index in [1.165, 1.54) is 0 Å². The molecular weight excluding hydrogens is 506 g/mol. The lowest BCUT2D eigenvalue weighted by Crippen LogP contribution is -2.08. The highest BCUT2D eigenvalue weighted by molar-refractivity contribution is 6.12. The van der Waals surface area contributed by atoms with Crippen LogP contribution in [0.3, 0.4) is 0 Å². The molecule has 0 fully saturated rings. The molecule has 0 aliphatic rings. The lowest BCUT2D eigenvalue weighted by molar-refractivity contribution is 0.415. The molecule has 0 N–H and O–H groups in total. The highest BCUT2D eigenvalue weighted by Crippen LogP contribution is 2.33.